The number of hydrogen-bond donors (Lipinski definition) is 1. The van der Waals surface area contributed by atoms with Crippen LogP contribution in [0.25, 0.3) is 11.4 Å². The van der Waals surface area contributed by atoms with Crippen molar-refractivity contribution in [3.05, 3.63) is 34.4 Å². The zero-order chi connectivity index (χ0) is 15.4. The number of likely N-dealkylation sites (N-methyl/N-ethyl adjacent to an activating group) is 1. The van der Waals surface area contributed by atoms with Crippen LogP contribution in [0.3, 0.4) is 0 Å². The highest BCUT2D eigenvalue weighted by Gasteiger charge is 2.24. The van der Waals surface area contributed by atoms with Crippen LogP contribution in [-0.2, 0) is 0 Å². The maximum atomic E-state index is 13.4. The molecule has 0 aliphatic rings. The number of nitrogens with zero attached hydrogens (tertiary/aromatic N) is 2. The molecule has 0 aliphatic heterocycles. The van der Waals surface area contributed by atoms with E-state index in [4.69, 9.17) is 4.52 Å². The van der Waals surface area contributed by atoms with Crippen LogP contribution in [0.15, 0.2) is 27.2 Å². The van der Waals surface area contributed by atoms with Crippen LogP contribution >= 0.6 is 15.9 Å². The van der Waals surface area contributed by atoms with E-state index in [0.29, 0.717) is 17.3 Å². The normalized spacial score (nSPS) is 14.1. The van der Waals surface area contributed by atoms with Gasteiger partial charge in [0.25, 0.3) is 0 Å². The lowest BCUT2D eigenvalue weighted by Gasteiger charge is -2.19. The van der Waals surface area contributed by atoms with Gasteiger partial charge in [0.1, 0.15) is 5.82 Å². The fourth-order valence-corrected chi connectivity index (χ4v) is 2.79. The van der Waals surface area contributed by atoms with Crippen LogP contribution in [0.2, 0.25) is 0 Å². The van der Waals surface area contributed by atoms with Gasteiger partial charge >= 0.3 is 0 Å². The zero-order valence-corrected chi connectivity index (χ0v) is 13.9. The second-order valence-electron chi connectivity index (χ2n) is 4.94. The van der Waals surface area contributed by atoms with Crippen molar-refractivity contribution in [3.8, 4) is 11.4 Å². The van der Waals surface area contributed by atoms with Crippen LogP contribution in [0, 0.1) is 5.82 Å². The molecule has 2 atom stereocenters. The second kappa shape index (κ2) is 7.13. The Morgan fingerprint density at radius 3 is 2.81 bits per heavy atom. The van der Waals surface area contributed by atoms with E-state index in [1.54, 1.807) is 6.07 Å². The van der Waals surface area contributed by atoms with E-state index in [9.17, 15) is 4.39 Å². The Hall–Kier alpha value is -1.27. The maximum Gasteiger partial charge on any atom is 0.231 e. The van der Waals surface area contributed by atoms with Crippen LogP contribution in [0.1, 0.15) is 39.0 Å². The molecule has 0 spiro atoms. The Bertz CT molecular complexity index is 602. The molecule has 0 amide bonds. The highest BCUT2D eigenvalue weighted by Crippen LogP contribution is 2.29. The lowest BCUT2D eigenvalue weighted by atomic mass is 9.98. The van der Waals surface area contributed by atoms with E-state index in [0.717, 1.165) is 17.4 Å². The quantitative estimate of drug-likeness (QED) is 0.846. The highest BCUT2D eigenvalue weighted by molar-refractivity contribution is 9.10. The second-order valence-corrected chi connectivity index (χ2v) is 5.80. The zero-order valence-electron chi connectivity index (χ0n) is 12.4. The van der Waals surface area contributed by atoms with Crippen molar-refractivity contribution in [2.75, 3.05) is 6.54 Å². The van der Waals surface area contributed by atoms with Crippen molar-refractivity contribution in [1.29, 1.82) is 0 Å². The molecule has 4 nitrogen and oxygen atoms in total. The molecule has 21 heavy (non-hydrogen) atoms. The molecule has 6 heteroatoms. The van der Waals surface area contributed by atoms with Crippen molar-refractivity contribution in [2.24, 2.45) is 0 Å². The number of rotatable bonds is 6. The molecule has 0 saturated carbocycles. The predicted molar refractivity (Wildman–Crippen MR) is 83.6 cm³/mol. The molecule has 0 saturated heterocycles. The molecular formula is C15H19BrFN3O. The van der Waals surface area contributed by atoms with E-state index in [-0.39, 0.29) is 17.8 Å². The van der Waals surface area contributed by atoms with E-state index < -0.39 is 0 Å². The lowest BCUT2D eigenvalue weighted by molar-refractivity contribution is 0.318. The molecule has 0 aliphatic carbocycles. The summed E-state index contributed by atoms with van der Waals surface area (Å²) in [5.41, 5.74) is 0.593. The first-order valence-corrected chi connectivity index (χ1v) is 7.88. The fraction of sp³-hybridized carbons (Fsp3) is 0.467. The summed E-state index contributed by atoms with van der Waals surface area (Å²) in [6, 6.07) is 4.66. The van der Waals surface area contributed by atoms with Gasteiger partial charge in [-0.05, 0) is 38.1 Å². The minimum absolute atomic E-state index is 0.138. The molecule has 0 radical (unpaired) electrons. The topological polar surface area (TPSA) is 51.0 Å². The van der Waals surface area contributed by atoms with Gasteiger partial charge in [0.15, 0.2) is 0 Å². The fourth-order valence-electron chi connectivity index (χ4n) is 2.37. The van der Waals surface area contributed by atoms with Gasteiger partial charge in [-0.15, -0.1) is 0 Å². The van der Waals surface area contributed by atoms with Crippen molar-refractivity contribution in [1.82, 2.24) is 15.5 Å². The number of aromatic nitrogens is 2. The van der Waals surface area contributed by atoms with Crippen LogP contribution in [0.5, 0.6) is 0 Å². The molecule has 0 bridgehead atoms. The highest BCUT2D eigenvalue weighted by atomic mass is 79.9. The molecular weight excluding hydrogens is 337 g/mol. The van der Waals surface area contributed by atoms with Crippen molar-refractivity contribution >= 4 is 15.9 Å². The van der Waals surface area contributed by atoms with E-state index in [1.165, 1.54) is 12.1 Å². The molecule has 114 valence electrons. The molecule has 1 aromatic carbocycles. The molecule has 2 aromatic rings. The molecule has 0 fully saturated rings. The van der Waals surface area contributed by atoms with Gasteiger partial charge in [-0.2, -0.15) is 4.98 Å². The minimum Gasteiger partial charge on any atom is -0.339 e. The molecule has 1 N–H and O–H groups in total. The third-order valence-electron chi connectivity index (χ3n) is 3.50. The summed E-state index contributed by atoms with van der Waals surface area (Å²) in [5.74, 6) is 0.793. The van der Waals surface area contributed by atoms with E-state index >= 15 is 0 Å². The average Bonchev–Trinajstić information content (AvgIpc) is 2.92. The third kappa shape index (κ3) is 3.68. The van der Waals surface area contributed by atoms with E-state index in [2.05, 4.69) is 52.2 Å². The van der Waals surface area contributed by atoms with Gasteiger partial charge in [0.05, 0.1) is 5.92 Å². The van der Waals surface area contributed by atoms with Gasteiger partial charge in [-0.3, -0.25) is 0 Å². The van der Waals surface area contributed by atoms with Gasteiger partial charge in [-0.25, -0.2) is 4.39 Å². The number of halogens is 2. The Labute approximate surface area is 132 Å². The van der Waals surface area contributed by atoms with Crippen molar-refractivity contribution in [2.45, 2.75) is 39.2 Å². The number of hydrogen-bond acceptors (Lipinski definition) is 4. The standard InChI is InChI=1S/C15H19BrFN3O/c1-4-11(9(3)18-5-2)15-19-14(20-21-15)12-8-10(17)6-7-13(12)16/h6-9,11,18H,4-5H2,1-3H3. The summed E-state index contributed by atoms with van der Waals surface area (Å²) in [6.07, 6.45) is 0.889. The third-order valence-corrected chi connectivity index (χ3v) is 4.19. The Morgan fingerprint density at radius 2 is 2.14 bits per heavy atom. The summed E-state index contributed by atoms with van der Waals surface area (Å²) in [4.78, 5) is 4.44. The summed E-state index contributed by atoms with van der Waals surface area (Å²) in [7, 11) is 0. The van der Waals surface area contributed by atoms with Crippen LogP contribution < -0.4 is 5.32 Å². The van der Waals surface area contributed by atoms with Crippen LogP contribution in [-0.4, -0.2) is 22.7 Å². The number of benzene rings is 1. The average molecular weight is 356 g/mol. The maximum absolute atomic E-state index is 13.4. The summed E-state index contributed by atoms with van der Waals surface area (Å²) in [6.45, 7) is 7.13. The van der Waals surface area contributed by atoms with Crippen molar-refractivity contribution in [3.63, 3.8) is 0 Å². The lowest BCUT2D eigenvalue weighted by Crippen LogP contribution is -2.31. The van der Waals surface area contributed by atoms with Crippen molar-refractivity contribution < 1.29 is 8.91 Å². The first-order chi connectivity index (χ1) is 10.1. The largest absolute Gasteiger partial charge is 0.339 e. The Balaban J connectivity index is 2.30. The molecule has 1 heterocycles. The van der Waals surface area contributed by atoms with E-state index in [1.807, 2.05) is 0 Å². The summed E-state index contributed by atoms with van der Waals surface area (Å²) in [5, 5.41) is 7.36. The monoisotopic (exact) mass is 355 g/mol. The summed E-state index contributed by atoms with van der Waals surface area (Å²) < 4.78 is 19.5. The first-order valence-electron chi connectivity index (χ1n) is 7.09. The predicted octanol–water partition coefficient (Wildman–Crippen LogP) is 4.13. The first kappa shape index (κ1) is 16.1. The van der Waals surface area contributed by atoms with Gasteiger partial charge in [-0.1, -0.05) is 34.9 Å². The SMILES string of the molecule is CCNC(C)C(CC)c1nc(-c2cc(F)ccc2Br)no1. The van der Waals surface area contributed by atoms with Gasteiger partial charge < -0.3 is 9.84 Å². The van der Waals surface area contributed by atoms with Gasteiger partial charge in [0, 0.05) is 16.1 Å². The van der Waals surface area contributed by atoms with Gasteiger partial charge in [0.2, 0.25) is 11.7 Å². The minimum atomic E-state index is -0.326. The molecule has 1 aromatic heterocycles. The number of nitrogens with one attached hydrogen (secondary N) is 1. The Morgan fingerprint density at radius 1 is 1.38 bits per heavy atom. The Kier molecular flexibility index (Phi) is 5.47. The van der Waals surface area contributed by atoms with Crippen LogP contribution in [0.4, 0.5) is 4.39 Å². The molecule has 2 rings (SSSR count). The molecule has 2 unspecified atom stereocenters. The summed E-state index contributed by atoms with van der Waals surface area (Å²) >= 11 is 3.38. The smallest absolute Gasteiger partial charge is 0.231 e.